The van der Waals surface area contributed by atoms with Crippen molar-refractivity contribution in [3.8, 4) is 5.75 Å². The van der Waals surface area contributed by atoms with Crippen LogP contribution in [0.1, 0.15) is 0 Å². The lowest BCUT2D eigenvalue weighted by Gasteiger charge is -2.34. The van der Waals surface area contributed by atoms with Crippen LogP contribution in [0.5, 0.6) is 5.75 Å². The molecular weight excluding hydrogens is 398 g/mol. The summed E-state index contributed by atoms with van der Waals surface area (Å²) in [5.74, 6) is 0.814. The number of methoxy groups -OCH3 is 1. The number of hydrogen-bond acceptors (Lipinski definition) is 8. The number of benzene rings is 1. The second-order valence-electron chi connectivity index (χ2n) is 5.68. The summed E-state index contributed by atoms with van der Waals surface area (Å²) in [6, 6.07) is 5.29. The lowest BCUT2D eigenvalue weighted by molar-refractivity contribution is -0.387. The van der Waals surface area contributed by atoms with Crippen molar-refractivity contribution in [3.05, 3.63) is 45.9 Å². The van der Waals surface area contributed by atoms with Crippen LogP contribution in [0.15, 0.2) is 35.5 Å². The van der Waals surface area contributed by atoms with Gasteiger partial charge in [-0.2, -0.15) is 4.31 Å². The molecule has 27 heavy (non-hydrogen) atoms. The predicted molar refractivity (Wildman–Crippen MR) is 97.7 cm³/mol. The third-order valence-corrected chi connectivity index (χ3v) is 6.32. The highest BCUT2D eigenvalue weighted by Gasteiger charge is 2.34. The minimum absolute atomic E-state index is 0.160. The maximum absolute atomic E-state index is 12.9. The van der Waals surface area contributed by atoms with Gasteiger partial charge in [0.1, 0.15) is 23.0 Å². The van der Waals surface area contributed by atoms with Crippen LogP contribution in [0, 0.1) is 10.1 Å². The Labute approximate surface area is 160 Å². The molecule has 1 aliphatic heterocycles. The van der Waals surface area contributed by atoms with Crippen LogP contribution >= 0.6 is 11.6 Å². The number of halogens is 1. The Morgan fingerprint density at radius 1 is 1.19 bits per heavy atom. The molecule has 1 saturated heterocycles. The monoisotopic (exact) mass is 413 g/mol. The van der Waals surface area contributed by atoms with E-state index in [4.69, 9.17) is 16.3 Å². The minimum atomic E-state index is -4.03. The number of nitrogens with zero attached hydrogens (tertiary/aromatic N) is 5. The third kappa shape index (κ3) is 3.94. The van der Waals surface area contributed by atoms with Gasteiger partial charge < -0.3 is 9.64 Å². The van der Waals surface area contributed by atoms with Crippen LogP contribution < -0.4 is 9.64 Å². The van der Waals surface area contributed by atoms with Crippen molar-refractivity contribution in [1.29, 1.82) is 0 Å². The summed E-state index contributed by atoms with van der Waals surface area (Å²) in [7, 11) is -2.67. The van der Waals surface area contributed by atoms with Gasteiger partial charge in [-0.15, -0.1) is 0 Å². The molecule has 1 aliphatic rings. The molecule has 10 nitrogen and oxygen atoms in total. The first-order chi connectivity index (χ1) is 12.8. The average Bonchev–Trinajstić information content (AvgIpc) is 2.67. The Morgan fingerprint density at radius 2 is 1.89 bits per heavy atom. The zero-order chi connectivity index (χ0) is 19.6. The number of hydrogen-bond donors (Lipinski definition) is 0. The van der Waals surface area contributed by atoms with Gasteiger partial charge in [-0.25, -0.2) is 18.4 Å². The number of piperazine rings is 1. The van der Waals surface area contributed by atoms with Crippen LogP contribution in [0.2, 0.25) is 5.15 Å². The number of anilines is 1. The molecule has 1 aromatic heterocycles. The summed E-state index contributed by atoms with van der Waals surface area (Å²) in [6.07, 6.45) is 1.33. The van der Waals surface area contributed by atoms with Gasteiger partial charge in [-0.05, 0) is 12.1 Å². The smallest absolute Gasteiger partial charge is 0.293 e. The van der Waals surface area contributed by atoms with Crippen LogP contribution in [-0.2, 0) is 10.0 Å². The molecule has 12 heteroatoms. The van der Waals surface area contributed by atoms with E-state index in [0.717, 1.165) is 6.07 Å². The highest BCUT2D eigenvalue weighted by atomic mass is 35.5. The molecular formula is C15H16ClN5O5S. The van der Waals surface area contributed by atoms with Gasteiger partial charge in [0.25, 0.3) is 5.69 Å². The van der Waals surface area contributed by atoms with Crippen molar-refractivity contribution in [3.63, 3.8) is 0 Å². The van der Waals surface area contributed by atoms with Gasteiger partial charge in [-0.1, -0.05) is 11.6 Å². The number of nitro benzene ring substituents is 1. The molecule has 0 atom stereocenters. The highest BCUT2D eigenvalue weighted by molar-refractivity contribution is 7.89. The average molecular weight is 414 g/mol. The number of rotatable bonds is 5. The SMILES string of the molecule is COc1ccc(S(=O)(=O)N2CCN(c3cc(Cl)ncn3)CC2)c([N+](=O)[O-])c1. The number of ether oxygens (including phenoxy) is 1. The van der Waals surface area contributed by atoms with E-state index in [1.807, 2.05) is 4.90 Å². The molecule has 0 spiro atoms. The lowest BCUT2D eigenvalue weighted by atomic mass is 10.3. The van der Waals surface area contributed by atoms with Crippen molar-refractivity contribution in [2.45, 2.75) is 4.90 Å². The molecule has 144 valence electrons. The first-order valence-electron chi connectivity index (χ1n) is 7.88. The largest absolute Gasteiger partial charge is 0.497 e. The summed E-state index contributed by atoms with van der Waals surface area (Å²) in [5.41, 5.74) is -0.514. The van der Waals surface area contributed by atoms with Gasteiger partial charge in [0, 0.05) is 32.2 Å². The molecule has 0 saturated carbocycles. The fourth-order valence-electron chi connectivity index (χ4n) is 2.78. The van der Waals surface area contributed by atoms with Gasteiger partial charge >= 0.3 is 0 Å². The Morgan fingerprint density at radius 3 is 2.48 bits per heavy atom. The van der Waals surface area contributed by atoms with E-state index < -0.39 is 20.6 Å². The summed E-state index contributed by atoms with van der Waals surface area (Å²) >= 11 is 5.86. The quantitative estimate of drug-likeness (QED) is 0.411. The van der Waals surface area contributed by atoms with E-state index in [1.54, 1.807) is 6.07 Å². The first-order valence-corrected chi connectivity index (χ1v) is 9.70. The van der Waals surface area contributed by atoms with Crippen LogP contribution in [0.25, 0.3) is 0 Å². The number of aromatic nitrogens is 2. The highest BCUT2D eigenvalue weighted by Crippen LogP contribution is 2.31. The molecule has 0 bridgehead atoms. The van der Waals surface area contributed by atoms with Crippen molar-refractivity contribution >= 4 is 33.1 Å². The van der Waals surface area contributed by atoms with Crippen LogP contribution in [0.4, 0.5) is 11.5 Å². The Bertz CT molecular complexity index is 963. The molecule has 0 amide bonds. The molecule has 1 aromatic carbocycles. The zero-order valence-electron chi connectivity index (χ0n) is 14.3. The van der Waals surface area contributed by atoms with Crippen molar-refractivity contribution < 1.29 is 18.1 Å². The Balaban J connectivity index is 1.82. The summed E-state index contributed by atoms with van der Waals surface area (Å²) in [6.45, 7) is 1.06. The van der Waals surface area contributed by atoms with E-state index >= 15 is 0 Å². The van der Waals surface area contributed by atoms with Crippen molar-refractivity contribution in [1.82, 2.24) is 14.3 Å². The van der Waals surface area contributed by atoms with Gasteiger partial charge in [0.15, 0.2) is 4.90 Å². The van der Waals surface area contributed by atoms with Crippen molar-refractivity contribution in [2.75, 3.05) is 38.2 Å². The molecule has 1 fully saturated rings. The standard InChI is InChI=1S/C15H16ClN5O5S/c1-26-11-2-3-13(12(8-11)21(22)23)27(24,25)20-6-4-19(5-7-20)15-9-14(16)17-10-18-15/h2-3,8-10H,4-7H2,1H3. The maximum atomic E-state index is 12.9. The molecule has 0 N–H and O–H groups in total. The zero-order valence-corrected chi connectivity index (χ0v) is 15.9. The first kappa shape index (κ1) is 19.3. The van der Waals surface area contributed by atoms with Gasteiger partial charge in [-0.3, -0.25) is 10.1 Å². The maximum Gasteiger partial charge on any atom is 0.293 e. The number of sulfonamides is 1. The summed E-state index contributed by atoms with van der Waals surface area (Å²) in [5, 5.41) is 11.6. The lowest BCUT2D eigenvalue weighted by Crippen LogP contribution is -2.49. The predicted octanol–water partition coefficient (Wildman–Crippen LogP) is 1.56. The van der Waals surface area contributed by atoms with Gasteiger partial charge in [0.05, 0.1) is 18.1 Å². The second kappa shape index (κ2) is 7.62. The van der Waals surface area contributed by atoms with Crippen molar-refractivity contribution in [2.24, 2.45) is 0 Å². The van der Waals surface area contributed by atoms with Gasteiger partial charge in [0.2, 0.25) is 10.0 Å². The van der Waals surface area contributed by atoms with E-state index in [9.17, 15) is 18.5 Å². The number of nitro groups is 1. The minimum Gasteiger partial charge on any atom is -0.497 e. The molecule has 2 heterocycles. The normalized spacial score (nSPS) is 15.6. The van der Waals surface area contributed by atoms with E-state index in [-0.39, 0.29) is 23.7 Å². The topological polar surface area (TPSA) is 119 Å². The van der Waals surface area contributed by atoms with Crippen LogP contribution in [-0.4, -0.2) is 60.9 Å². The fourth-order valence-corrected chi connectivity index (χ4v) is 4.48. The molecule has 0 radical (unpaired) electrons. The molecule has 0 aliphatic carbocycles. The fraction of sp³-hybridized carbons (Fsp3) is 0.333. The van der Waals surface area contributed by atoms with Crippen LogP contribution in [0.3, 0.4) is 0 Å². The molecule has 3 rings (SSSR count). The molecule has 2 aromatic rings. The summed E-state index contributed by atoms with van der Waals surface area (Å²) in [4.78, 5) is 20.1. The summed E-state index contributed by atoms with van der Waals surface area (Å²) < 4.78 is 32.0. The Hall–Kier alpha value is -2.50. The van der Waals surface area contributed by atoms with E-state index in [0.29, 0.717) is 24.1 Å². The molecule has 0 unspecified atom stereocenters. The van der Waals surface area contributed by atoms with E-state index in [1.165, 1.54) is 29.9 Å². The Kier molecular flexibility index (Phi) is 5.44. The second-order valence-corrected chi connectivity index (χ2v) is 7.97. The third-order valence-electron chi connectivity index (χ3n) is 4.16. The van der Waals surface area contributed by atoms with E-state index in [2.05, 4.69) is 9.97 Å².